The van der Waals surface area contributed by atoms with Gasteiger partial charge in [0.2, 0.25) is 11.7 Å². The second-order valence-electron chi connectivity index (χ2n) is 5.39. The molecule has 3 rings (SSSR count). The Morgan fingerprint density at radius 3 is 2.71 bits per heavy atom. The lowest BCUT2D eigenvalue weighted by atomic mass is 10.0. The lowest BCUT2D eigenvalue weighted by molar-refractivity contribution is -0.128. The van der Waals surface area contributed by atoms with Crippen LogP contribution in [0.3, 0.4) is 0 Å². The van der Waals surface area contributed by atoms with E-state index in [0.29, 0.717) is 23.4 Å². The zero-order chi connectivity index (χ0) is 17.3. The van der Waals surface area contributed by atoms with E-state index in [9.17, 15) is 14.4 Å². The second-order valence-corrected chi connectivity index (χ2v) is 5.39. The molecule has 0 spiro atoms. The van der Waals surface area contributed by atoms with Crippen molar-refractivity contribution in [2.45, 2.75) is 19.4 Å². The molecule has 0 radical (unpaired) electrons. The summed E-state index contributed by atoms with van der Waals surface area (Å²) in [7, 11) is 0. The lowest BCUT2D eigenvalue weighted by Gasteiger charge is -2.33. The van der Waals surface area contributed by atoms with E-state index in [0.717, 1.165) is 0 Å². The summed E-state index contributed by atoms with van der Waals surface area (Å²) in [6.45, 7) is 1.54. The number of primary amides is 1. The van der Waals surface area contributed by atoms with Crippen molar-refractivity contribution in [1.29, 1.82) is 0 Å². The number of carbonyl (C=O) groups is 3. The van der Waals surface area contributed by atoms with E-state index in [2.05, 4.69) is 0 Å². The smallest absolute Gasteiger partial charge is 0.268 e. The normalized spacial score (nSPS) is 16.5. The van der Waals surface area contributed by atoms with Crippen LogP contribution in [0.4, 0.5) is 5.69 Å². The van der Waals surface area contributed by atoms with Gasteiger partial charge in [-0.1, -0.05) is 6.92 Å². The number of amides is 2. The molecular weight excluding hydrogens is 312 g/mol. The molecule has 0 saturated carbocycles. The molecule has 1 unspecified atom stereocenters. The molecule has 2 heterocycles. The molecule has 0 aliphatic carbocycles. The van der Waals surface area contributed by atoms with Crippen molar-refractivity contribution in [3.8, 4) is 5.75 Å². The van der Waals surface area contributed by atoms with Gasteiger partial charge < -0.3 is 14.9 Å². The minimum atomic E-state index is -0.677. The highest BCUT2D eigenvalue weighted by Gasteiger charge is 2.34. The third-order valence-electron chi connectivity index (χ3n) is 3.75. The number of fused-ring (bicyclic) bond motifs is 1. The number of hydrogen-bond donors (Lipinski definition) is 1. The van der Waals surface area contributed by atoms with Crippen LogP contribution >= 0.6 is 0 Å². The summed E-state index contributed by atoms with van der Waals surface area (Å²) in [5.74, 6) is -0.711. The fourth-order valence-electron chi connectivity index (χ4n) is 2.59. The Hall–Kier alpha value is -3.09. The Kier molecular flexibility index (Phi) is 4.07. The van der Waals surface area contributed by atoms with E-state index in [1.54, 1.807) is 24.3 Å². The van der Waals surface area contributed by atoms with Crippen LogP contribution < -0.4 is 15.4 Å². The average molecular weight is 328 g/mol. The minimum Gasteiger partial charge on any atom is -0.478 e. The molecule has 1 aromatic heterocycles. The summed E-state index contributed by atoms with van der Waals surface area (Å²) in [5.41, 5.74) is 5.92. The predicted octanol–water partition coefficient (Wildman–Crippen LogP) is 1.50. The Bertz CT molecular complexity index is 797. The quantitative estimate of drug-likeness (QED) is 0.838. The van der Waals surface area contributed by atoms with Crippen molar-refractivity contribution in [3.05, 3.63) is 47.9 Å². The van der Waals surface area contributed by atoms with Crippen LogP contribution in [-0.2, 0) is 9.59 Å². The van der Waals surface area contributed by atoms with Crippen LogP contribution in [0.5, 0.6) is 5.75 Å². The number of benzene rings is 1. The van der Waals surface area contributed by atoms with Gasteiger partial charge in [0.25, 0.3) is 5.91 Å². The molecule has 124 valence electrons. The van der Waals surface area contributed by atoms with Gasteiger partial charge in [-0.15, -0.1) is 0 Å². The highest BCUT2D eigenvalue weighted by molar-refractivity contribution is 6.09. The number of furan rings is 1. The monoisotopic (exact) mass is 328 g/mol. The van der Waals surface area contributed by atoms with Gasteiger partial charge in [0.15, 0.2) is 11.9 Å². The Balaban J connectivity index is 2.03. The summed E-state index contributed by atoms with van der Waals surface area (Å²) in [6, 6.07) is 7.87. The third-order valence-corrected chi connectivity index (χ3v) is 3.75. The van der Waals surface area contributed by atoms with Gasteiger partial charge in [0.05, 0.1) is 12.0 Å². The van der Waals surface area contributed by atoms with E-state index in [4.69, 9.17) is 14.9 Å². The zero-order valence-electron chi connectivity index (χ0n) is 13.0. The largest absolute Gasteiger partial charge is 0.478 e. The Morgan fingerprint density at radius 1 is 1.29 bits per heavy atom. The molecular formula is C17H16N2O5. The Labute approximate surface area is 138 Å². The SMILES string of the molecule is CCC1Oc2ccc(C(=O)c3ccco3)cc2N(CC(N)=O)C1=O. The van der Waals surface area contributed by atoms with Crippen molar-refractivity contribution in [3.63, 3.8) is 0 Å². The number of rotatable bonds is 5. The summed E-state index contributed by atoms with van der Waals surface area (Å²) in [6.07, 6.45) is 1.19. The molecule has 0 fully saturated rings. The first-order valence-electron chi connectivity index (χ1n) is 7.50. The van der Waals surface area contributed by atoms with Gasteiger partial charge in [-0.25, -0.2) is 0 Å². The maximum absolute atomic E-state index is 12.5. The lowest BCUT2D eigenvalue weighted by Crippen LogP contribution is -2.48. The van der Waals surface area contributed by atoms with Gasteiger partial charge >= 0.3 is 0 Å². The van der Waals surface area contributed by atoms with Crippen LogP contribution in [0.2, 0.25) is 0 Å². The second kappa shape index (κ2) is 6.19. The first-order chi connectivity index (χ1) is 11.5. The summed E-state index contributed by atoms with van der Waals surface area (Å²) in [5, 5.41) is 0. The number of anilines is 1. The summed E-state index contributed by atoms with van der Waals surface area (Å²) >= 11 is 0. The molecule has 1 aromatic carbocycles. The molecule has 0 bridgehead atoms. The fourth-order valence-corrected chi connectivity index (χ4v) is 2.59. The van der Waals surface area contributed by atoms with E-state index in [-0.39, 0.29) is 24.0 Å². The highest BCUT2D eigenvalue weighted by Crippen LogP contribution is 2.36. The van der Waals surface area contributed by atoms with Crippen LogP contribution in [0.25, 0.3) is 0 Å². The van der Waals surface area contributed by atoms with E-state index < -0.39 is 12.0 Å². The maximum Gasteiger partial charge on any atom is 0.268 e. The molecule has 24 heavy (non-hydrogen) atoms. The maximum atomic E-state index is 12.5. The molecule has 1 atom stereocenters. The minimum absolute atomic E-state index is 0.186. The number of nitrogens with zero attached hydrogens (tertiary/aromatic N) is 1. The van der Waals surface area contributed by atoms with E-state index in [1.165, 1.54) is 17.2 Å². The average Bonchev–Trinajstić information content (AvgIpc) is 3.10. The van der Waals surface area contributed by atoms with Crippen LogP contribution in [-0.4, -0.2) is 30.2 Å². The fraction of sp³-hybridized carbons (Fsp3) is 0.235. The first-order valence-corrected chi connectivity index (χ1v) is 7.50. The Morgan fingerprint density at radius 2 is 2.08 bits per heavy atom. The van der Waals surface area contributed by atoms with Gasteiger partial charge in [-0.3, -0.25) is 19.3 Å². The molecule has 2 aromatic rings. The standard InChI is InChI=1S/C17H16N2O5/c1-2-12-17(22)19(9-15(18)20)11-8-10(5-6-13(11)24-12)16(21)14-4-3-7-23-14/h3-8,12H,2,9H2,1H3,(H2,18,20). The number of ketones is 1. The first kappa shape index (κ1) is 15.8. The van der Waals surface area contributed by atoms with Gasteiger partial charge in [0, 0.05) is 5.56 Å². The zero-order valence-corrected chi connectivity index (χ0v) is 13.0. The predicted molar refractivity (Wildman–Crippen MR) is 84.8 cm³/mol. The van der Waals surface area contributed by atoms with E-state index in [1.807, 2.05) is 6.92 Å². The van der Waals surface area contributed by atoms with Crippen LogP contribution in [0.15, 0.2) is 41.0 Å². The van der Waals surface area contributed by atoms with Crippen LogP contribution in [0.1, 0.15) is 29.5 Å². The van der Waals surface area contributed by atoms with Crippen molar-refractivity contribution >= 4 is 23.3 Å². The highest BCUT2D eigenvalue weighted by atomic mass is 16.5. The van der Waals surface area contributed by atoms with E-state index >= 15 is 0 Å². The molecule has 0 saturated heterocycles. The number of carbonyl (C=O) groups excluding carboxylic acids is 3. The molecule has 7 nitrogen and oxygen atoms in total. The van der Waals surface area contributed by atoms with Crippen molar-refractivity contribution in [2.24, 2.45) is 5.73 Å². The van der Waals surface area contributed by atoms with Crippen molar-refractivity contribution in [2.75, 3.05) is 11.4 Å². The van der Waals surface area contributed by atoms with Gasteiger partial charge in [0.1, 0.15) is 12.3 Å². The number of hydrogen-bond acceptors (Lipinski definition) is 5. The number of nitrogens with two attached hydrogens (primary N) is 1. The molecule has 1 aliphatic heterocycles. The van der Waals surface area contributed by atoms with Crippen molar-refractivity contribution in [1.82, 2.24) is 0 Å². The molecule has 1 aliphatic rings. The van der Waals surface area contributed by atoms with Gasteiger partial charge in [-0.2, -0.15) is 0 Å². The van der Waals surface area contributed by atoms with Crippen LogP contribution in [0, 0.1) is 0 Å². The molecule has 2 amide bonds. The molecule has 2 N–H and O–H groups in total. The number of ether oxygens (including phenoxy) is 1. The topological polar surface area (TPSA) is 103 Å². The van der Waals surface area contributed by atoms with Gasteiger partial charge in [-0.05, 0) is 36.8 Å². The summed E-state index contributed by atoms with van der Waals surface area (Å²) < 4.78 is 10.8. The van der Waals surface area contributed by atoms with Crippen molar-refractivity contribution < 1.29 is 23.5 Å². The summed E-state index contributed by atoms with van der Waals surface area (Å²) in [4.78, 5) is 37.4. The third kappa shape index (κ3) is 2.76. The molecule has 7 heteroatoms.